The molecule has 5 heteroatoms. The molecule has 1 rings (SSSR count). The van der Waals surface area contributed by atoms with Gasteiger partial charge in [0.15, 0.2) is 0 Å². The molecule has 2 N–H and O–H groups in total. The molecule has 0 fully saturated rings. The molecule has 0 aromatic heterocycles. The second-order valence-electron chi connectivity index (χ2n) is 4.88. The molecule has 0 bridgehead atoms. The van der Waals surface area contributed by atoms with Gasteiger partial charge in [-0.25, -0.2) is 4.79 Å². The number of amides is 2. The van der Waals surface area contributed by atoms with Gasteiger partial charge in [0, 0.05) is 30.8 Å². The Hall–Kier alpha value is -1.07. The van der Waals surface area contributed by atoms with Crippen molar-refractivity contribution in [2.24, 2.45) is 0 Å². The van der Waals surface area contributed by atoms with Crippen LogP contribution in [0, 0.1) is 0 Å². The first-order valence-electron chi connectivity index (χ1n) is 7.56. The predicted octanol–water partition coefficient (Wildman–Crippen LogP) is 3.50. The van der Waals surface area contributed by atoms with E-state index < -0.39 is 0 Å². The van der Waals surface area contributed by atoms with Crippen LogP contribution < -0.4 is 10.6 Å². The lowest BCUT2D eigenvalue weighted by Crippen LogP contribution is -2.37. The number of hydrogen-bond donors (Lipinski definition) is 2. The quantitative estimate of drug-likeness (QED) is 0.630. The second-order valence-corrected chi connectivity index (χ2v) is 5.79. The van der Waals surface area contributed by atoms with Crippen molar-refractivity contribution in [2.45, 2.75) is 32.6 Å². The van der Waals surface area contributed by atoms with E-state index in [9.17, 15) is 4.79 Å². The minimum absolute atomic E-state index is 0.110. The number of carbonyl (C=O) groups is 1. The molecule has 118 valence electrons. The smallest absolute Gasteiger partial charge is 0.314 e. The van der Waals surface area contributed by atoms with Crippen molar-refractivity contribution in [3.63, 3.8) is 0 Å². The summed E-state index contributed by atoms with van der Waals surface area (Å²) in [5.74, 6) is 0. The van der Waals surface area contributed by atoms with E-state index in [0.717, 1.165) is 36.8 Å². The maximum absolute atomic E-state index is 11.6. The maximum Gasteiger partial charge on any atom is 0.314 e. The van der Waals surface area contributed by atoms with Gasteiger partial charge in [0.05, 0.1) is 0 Å². The van der Waals surface area contributed by atoms with Gasteiger partial charge in [-0.2, -0.15) is 0 Å². The molecular formula is C16H25BrN2O2. The molecule has 0 saturated heterocycles. The monoisotopic (exact) mass is 356 g/mol. The lowest BCUT2D eigenvalue weighted by Gasteiger charge is -2.08. The maximum atomic E-state index is 11.6. The Morgan fingerprint density at radius 3 is 2.48 bits per heavy atom. The third kappa shape index (κ3) is 9.47. The van der Waals surface area contributed by atoms with Crippen molar-refractivity contribution in [1.29, 1.82) is 0 Å². The van der Waals surface area contributed by atoms with Crippen LogP contribution in [0.15, 0.2) is 28.7 Å². The van der Waals surface area contributed by atoms with Gasteiger partial charge in [-0.15, -0.1) is 0 Å². The van der Waals surface area contributed by atoms with Crippen LogP contribution in [0.4, 0.5) is 4.79 Å². The van der Waals surface area contributed by atoms with E-state index in [4.69, 9.17) is 4.74 Å². The van der Waals surface area contributed by atoms with Gasteiger partial charge in [0.25, 0.3) is 0 Å². The average Bonchev–Trinajstić information content (AvgIpc) is 2.48. The fraction of sp³-hybridized carbons (Fsp3) is 0.562. The molecule has 0 spiro atoms. The number of carbonyl (C=O) groups excluding carboxylic acids is 1. The van der Waals surface area contributed by atoms with Crippen molar-refractivity contribution < 1.29 is 9.53 Å². The van der Waals surface area contributed by atoms with Crippen molar-refractivity contribution in [3.05, 3.63) is 34.3 Å². The van der Waals surface area contributed by atoms with E-state index >= 15 is 0 Å². The number of nitrogens with one attached hydrogen (secondary N) is 2. The van der Waals surface area contributed by atoms with Gasteiger partial charge in [-0.05, 0) is 37.0 Å². The van der Waals surface area contributed by atoms with Crippen LogP contribution in [0.1, 0.15) is 31.7 Å². The van der Waals surface area contributed by atoms with Crippen LogP contribution in [-0.4, -0.2) is 32.3 Å². The highest BCUT2D eigenvalue weighted by atomic mass is 79.9. The van der Waals surface area contributed by atoms with Crippen LogP contribution in [0.25, 0.3) is 0 Å². The number of ether oxygens (including phenoxy) is 1. The van der Waals surface area contributed by atoms with E-state index in [1.165, 1.54) is 5.56 Å². The summed E-state index contributed by atoms with van der Waals surface area (Å²) in [6.45, 7) is 4.95. The first kappa shape index (κ1) is 18.0. The summed E-state index contributed by atoms with van der Waals surface area (Å²) >= 11 is 3.40. The molecule has 0 unspecified atom stereocenters. The summed E-state index contributed by atoms with van der Waals surface area (Å²) in [6, 6.07) is 8.01. The Kier molecular flexibility index (Phi) is 9.91. The molecule has 0 radical (unpaired) electrons. The Balaban J connectivity index is 1.97. The minimum atomic E-state index is -0.110. The number of unbranched alkanes of at least 4 members (excludes halogenated alkanes) is 1. The summed E-state index contributed by atoms with van der Waals surface area (Å²) in [5.41, 5.74) is 1.21. The fourth-order valence-corrected chi connectivity index (χ4v) is 2.02. The van der Waals surface area contributed by atoms with E-state index in [-0.39, 0.29) is 6.03 Å². The van der Waals surface area contributed by atoms with Gasteiger partial charge in [0.2, 0.25) is 0 Å². The molecule has 0 aliphatic rings. The molecular weight excluding hydrogens is 332 g/mol. The molecule has 1 aromatic carbocycles. The lowest BCUT2D eigenvalue weighted by molar-refractivity contribution is 0.129. The van der Waals surface area contributed by atoms with Gasteiger partial charge in [-0.1, -0.05) is 41.4 Å². The first-order chi connectivity index (χ1) is 10.2. The minimum Gasteiger partial charge on any atom is -0.381 e. The van der Waals surface area contributed by atoms with Crippen LogP contribution in [-0.2, 0) is 11.2 Å². The third-order valence-corrected chi connectivity index (χ3v) is 3.53. The highest BCUT2D eigenvalue weighted by molar-refractivity contribution is 9.10. The molecule has 1 aromatic rings. The summed E-state index contributed by atoms with van der Waals surface area (Å²) < 4.78 is 6.50. The second kappa shape index (κ2) is 11.6. The highest BCUT2D eigenvalue weighted by Gasteiger charge is 1.99. The zero-order chi connectivity index (χ0) is 15.3. The number of halogens is 1. The first-order valence-corrected chi connectivity index (χ1v) is 8.35. The molecule has 4 nitrogen and oxygen atoms in total. The van der Waals surface area contributed by atoms with E-state index in [0.29, 0.717) is 19.7 Å². The summed E-state index contributed by atoms with van der Waals surface area (Å²) in [4.78, 5) is 11.6. The van der Waals surface area contributed by atoms with Gasteiger partial charge < -0.3 is 15.4 Å². The Labute approximate surface area is 135 Å². The fourth-order valence-electron chi connectivity index (χ4n) is 1.76. The van der Waals surface area contributed by atoms with Crippen molar-refractivity contribution >= 4 is 22.0 Å². The highest BCUT2D eigenvalue weighted by Crippen LogP contribution is 2.10. The molecule has 2 amide bonds. The van der Waals surface area contributed by atoms with E-state index in [1.807, 2.05) is 12.1 Å². The molecule has 0 aliphatic carbocycles. The SMILES string of the molecule is CCCCOCCCNC(=O)NCCc1ccc(Br)cc1. The van der Waals surface area contributed by atoms with Crippen molar-refractivity contribution in [2.75, 3.05) is 26.3 Å². The van der Waals surface area contributed by atoms with Crippen molar-refractivity contribution in [3.8, 4) is 0 Å². The Bertz CT molecular complexity index is 396. The summed E-state index contributed by atoms with van der Waals surface area (Å²) in [5, 5.41) is 5.69. The topological polar surface area (TPSA) is 50.4 Å². The van der Waals surface area contributed by atoms with Crippen LogP contribution in [0.3, 0.4) is 0 Å². The normalized spacial score (nSPS) is 10.4. The zero-order valence-electron chi connectivity index (χ0n) is 12.7. The Morgan fingerprint density at radius 2 is 1.76 bits per heavy atom. The standard InChI is InChI=1S/C16H25BrN2O2/c1-2-3-12-21-13-4-10-18-16(20)19-11-9-14-5-7-15(17)8-6-14/h5-8H,2-4,9-13H2,1H3,(H2,18,19,20). The van der Waals surface area contributed by atoms with Gasteiger partial charge in [-0.3, -0.25) is 0 Å². The predicted molar refractivity (Wildman–Crippen MR) is 89.6 cm³/mol. The largest absolute Gasteiger partial charge is 0.381 e. The molecule has 0 heterocycles. The van der Waals surface area contributed by atoms with Crippen molar-refractivity contribution in [1.82, 2.24) is 10.6 Å². The number of rotatable bonds is 10. The van der Waals surface area contributed by atoms with Gasteiger partial charge >= 0.3 is 6.03 Å². The Morgan fingerprint density at radius 1 is 1.10 bits per heavy atom. The van der Waals surface area contributed by atoms with E-state index in [2.05, 4.69) is 45.6 Å². The lowest BCUT2D eigenvalue weighted by atomic mass is 10.1. The number of hydrogen-bond acceptors (Lipinski definition) is 2. The molecule has 0 aliphatic heterocycles. The molecule has 0 atom stereocenters. The molecule has 21 heavy (non-hydrogen) atoms. The van der Waals surface area contributed by atoms with Crippen LogP contribution >= 0.6 is 15.9 Å². The average molecular weight is 357 g/mol. The van der Waals surface area contributed by atoms with Gasteiger partial charge in [0.1, 0.15) is 0 Å². The zero-order valence-corrected chi connectivity index (χ0v) is 14.2. The summed E-state index contributed by atoms with van der Waals surface area (Å²) in [6.07, 6.45) is 3.94. The van der Waals surface area contributed by atoms with Crippen LogP contribution in [0.2, 0.25) is 0 Å². The third-order valence-electron chi connectivity index (χ3n) is 3.01. The number of urea groups is 1. The van der Waals surface area contributed by atoms with E-state index in [1.54, 1.807) is 0 Å². The summed E-state index contributed by atoms with van der Waals surface area (Å²) in [7, 11) is 0. The molecule has 0 saturated carbocycles. The number of benzene rings is 1. The van der Waals surface area contributed by atoms with Crippen LogP contribution in [0.5, 0.6) is 0 Å².